The van der Waals surface area contributed by atoms with Crippen LogP contribution >= 0.6 is 0 Å². The quantitative estimate of drug-likeness (QED) is 0.251. The van der Waals surface area contributed by atoms with Crippen molar-refractivity contribution in [3.8, 4) is 0 Å². The van der Waals surface area contributed by atoms with Gasteiger partial charge in [0.2, 0.25) is 5.85 Å². The average Bonchev–Trinajstić information content (AvgIpc) is 2.85. The van der Waals surface area contributed by atoms with Gasteiger partial charge in [-0.15, -0.1) is 0 Å². The third-order valence-electron chi connectivity index (χ3n) is 4.53. The standard InChI is InChI=1S/C15H25N5O6/c16-5-2-1-3-8(17)12(23)11-13(24)9(7-21)26-15(11,18)20-6-4-10(22)19-14(20)25/h4,6,8-9,11,13,21,24H,1-3,5,7,16-18H2,(H,19,22,25)/t8-,9+,11+,13+,15-/m0/s1. The molecule has 146 valence electrons. The van der Waals surface area contributed by atoms with Gasteiger partial charge in [0.05, 0.1) is 18.8 Å². The molecule has 11 nitrogen and oxygen atoms in total. The Bertz CT molecular complexity index is 749. The van der Waals surface area contributed by atoms with Crippen molar-refractivity contribution >= 4 is 5.78 Å². The van der Waals surface area contributed by atoms with Gasteiger partial charge in [-0.2, -0.15) is 0 Å². The van der Waals surface area contributed by atoms with Crippen LogP contribution in [0.5, 0.6) is 0 Å². The van der Waals surface area contributed by atoms with Gasteiger partial charge in [0.25, 0.3) is 5.56 Å². The number of nitrogens with two attached hydrogens (primary N) is 3. The number of carbonyl (C=O) groups excluding carboxylic acids is 1. The molecular formula is C15H25N5O6. The number of aliphatic hydroxyl groups excluding tert-OH is 2. The third-order valence-corrected chi connectivity index (χ3v) is 4.53. The summed E-state index contributed by atoms with van der Waals surface area (Å²) in [7, 11) is 0. The number of nitrogens with one attached hydrogen (secondary N) is 1. The molecule has 1 fully saturated rings. The van der Waals surface area contributed by atoms with Crippen molar-refractivity contribution in [3.05, 3.63) is 33.1 Å². The Labute approximate surface area is 148 Å². The molecule has 1 aliphatic heterocycles. The van der Waals surface area contributed by atoms with E-state index in [9.17, 15) is 24.6 Å². The Hall–Kier alpha value is -1.89. The number of ketones is 1. The van der Waals surface area contributed by atoms with Crippen molar-refractivity contribution in [2.45, 2.75) is 43.4 Å². The molecule has 2 heterocycles. The van der Waals surface area contributed by atoms with E-state index in [0.29, 0.717) is 25.8 Å². The van der Waals surface area contributed by atoms with Crippen molar-refractivity contribution in [2.75, 3.05) is 13.2 Å². The van der Waals surface area contributed by atoms with E-state index in [4.69, 9.17) is 21.9 Å². The van der Waals surface area contributed by atoms with E-state index in [-0.39, 0.29) is 0 Å². The largest absolute Gasteiger partial charge is 0.394 e. The molecule has 0 bridgehead atoms. The summed E-state index contributed by atoms with van der Waals surface area (Å²) in [6, 6.07) is 0.0735. The number of hydrogen-bond donors (Lipinski definition) is 6. The molecule has 0 saturated carbocycles. The Balaban J connectivity index is 2.40. The van der Waals surface area contributed by atoms with Gasteiger partial charge in [-0.25, -0.2) is 4.79 Å². The summed E-state index contributed by atoms with van der Waals surface area (Å²) >= 11 is 0. The molecule has 0 aliphatic carbocycles. The summed E-state index contributed by atoms with van der Waals surface area (Å²) in [6.45, 7) is -0.166. The zero-order valence-corrected chi connectivity index (χ0v) is 14.2. The first kappa shape index (κ1) is 20.4. The van der Waals surface area contributed by atoms with Gasteiger partial charge < -0.3 is 26.4 Å². The second kappa shape index (κ2) is 8.20. The number of aromatic amines is 1. The van der Waals surface area contributed by atoms with E-state index in [1.165, 1.54) is 0 Å². The molecule has 11 heteroatoms. The highest BCUT2D eigenvalue weighted by molar-refractivity contribution is 5.87. The molecule has 2 rings (SSSR count). The van der Waals surface area contributed by atoms with Crippen LogP contribution in [0.4, 0.5) is 0 Å². The highest BCUT2D eigenvalue weighted by Gasteiger charge is 2.58. The second-order valence-corrected chi connectivity index (χ2v) is 6.33. The van der Waals surface area contributed by atoms with Crippen molar-refractivity contribution in [1.29, 1.82) is 0 Å². The molecule has 1 aromatic rings. The molecule has 1 saturated heterocycles. The highest BCUT2D eigenvalue weighted by Crippen LogP contribution is 2.37. The fourth-order valence-electron chi connectivity index (χ4n) is 3.14. The lowest BCUT2D eigenvalue weighted by Crippen LogP contribution is -2.59. The van der Waals surface area contributed by atoms with E-state index < -0.39 is 53.7 Å². The number of hydrogen-bond acceptors (Lipinski definition) is 9. The van der Waals surface area contributed by atoms with Crippen LogP contribution in [0.25, 0.3) is 0 Å². The lowest BCUT2D eigenvalue weighted by molar-refractivity contribution is -0.148. The average molecular weight is 371 g/mol. The fourth-order valence-corrected chi connectivity index (χ4v) is 3.14. The minimum atomic E-state index is -2.10. The van der Waals surface area contributed by atoms with Crippen LogP contribution in [0.3, 0.4) is 0 Å². The molecular weight excluding hydrogens is 346 g/mol. The summed E-state index contributed by atoms with van der Waals surface area (Å²) in [5.74, 6) is -4.11. The van der Waals surface area contributed by atoms with E-state index in [2.05, 4.69) is 0 Å². The van der Waals surface area contributed by atoms with Gasteiger partial charge in [0.1, 0.15) is 12.0 Å². The third kappa shape index (κ3) is 3.77. The summed E-state index contributed by atoms with van der Waals surface area (Å²) < 4.78 is 6.26. The first-order valence-corrected chi connectivity index (χ1v) is 8.33. The molecule has 0 radical (unpaired) electrons. The zero-order chi connectivity index (χ0) is 19.5. The van der Waals surface area contributed by atoms with Gasteiger partial charge in [-0.3, -0.25) is 24.9 Å². The normalized spacial score (nSPS) is 29.7. The molecule has 1 aromatic heterocycles. The number of rotatable bonds is 8. The molecule has 1 aliphatic rings. The van der Waals surface area contributed by atoms with Crippen LogP contribution in [-0.2, 0) is 15.4 Å². The Morgan fingerprint density at radius 1 is 1.42 bits per heavy atom. The number of unbranched alkanes of at least 4 members (excludes halogenated alkanes) is 1. The summed E-state index contributed by atoms with van der Waals surface area (Å²) in [5.41, 5.74) is 15.9. The van der Waals surface area contributed by atoms with Gasteiger partial charge >= 0.3 is 5.69 Å². The number of nitrogens with zero attached hydrogens (tertiary/aromatic N) is 1. The van der Waals surface area contributed by atoms with Crippen molar-refractivity contribution in [2.24, 2.45) is 23.1 Å². The first-order valence-electron chi connectivity index (χ1n) is 8.33. The van der Waals surface area contributed by atoms with Crippen LogP contribution in [0.2, 0.25) is 0 Å². The maximum atomic E-state index is 12.8. The molecule has 0 aromatic carbocycles. The number of carbonyl (C=O) groups is 1. The predicted molar refractivity (Wildman–Crippen MR) is 90.8 cm³/mol. The monoisotopic (exact) mass is 371 g/mol. The van der Waals surface area contributed by atoms with Crippen LogP contribution in [0.15, 0.2) is 21.9 Å². The number of ether oxygens (including phenoxy) is 1. The minimum Gasteiger partial charge on any atom is -0.394 e. The van der Waals surface area contributed by atoms with Crippen LogP contribution < -0.4 is 28.5 Å². The smallest absolute Gasteiger partial charge is 0.331 e. The molecule has 0 spiro atoms. The van der Waals surface area contributed by atoms with E-state index in [1.54, 1.807) is 0 Å². The summed E-state index contributed by atoms with van der Waals surface area (Å²) in [6.07, 6.45) is -0.00183. The van der Waals surface area contributed by atoms with Crippen molar-refractivity contribution in [1.82, 2.24) is 9.55 Å². The fraction of sp³-hybridized carbons (Fsp3) is 0.667. The second-order valence-electron chi connectivity index (χ2n) is 6.33. The Morgan fingerprint density at radius 2 is 2.12 bits per heavy atom. The molecule has 26 heavy (non-hydrogen) atoms. The maximum Gasteiger partial charge on any atom is 0.331 e. The van der Waals surface area contributed by atoms with Crippen molar-refractivity contribution < 1.29 is 19.7 Å². The number of Topliss-reactive ketones (excluding diaryl/α,β-unsaturated/α-hetero) is 1. The summed E-state index contributed by atoms with van der Waals surface area (Å²) in [4.78, 5) is 38.3. The van der Waals surface area contributed by atoms with E-state index >= 15 is 0 Å². The van der Waals surface area contributed by atoms with Crippen LogP contribution in [-0.4, -0.2) is 56.9 Å². The molecule has 0 unspecified atom stereocenters. The SMILES string of the molecule is NCCCC[C@H](N)C(=O)[C@@H]1[C@H](O)[C@@H](CO)O[C@@]1(N)n1ccc(=O)[nH]c1=O. The topological polar surface area (TPSA) is 200 Å². The summed E-state index contributed by atoms with van der Waals surface area (Å²) in [5, 5.41) is 19.8. The maximum absolute atomic E-state index is 12.8. The van der Waals surface area contributed by atoms with E-state index in [0.717, 1.165) is 16.8 Å². The lowest BCUT2D eigenvalue weighted by atomic mass is 9.86. The number of aliphatic hydroxyl groups is 2. The Morgan fingerprint density at radius 3 is 2.69 bits per heavy atom. The predicted octanol–water partition coefficient (Wildman–Crippen LogP) is -3.50. The van der Waals surface area contributed by atoms with Gasteiger partial charge in [0, 0.05) is 12.3 Å². The van der Waals surface area contributed by atoms with Gasteiger partial charge in [0.15, 0.2) is 5.78 Å². The van der Waals surface area contributed by atoms with Crippen LogP contribution in [0, 0.1) is 5.92 Å². The number of aromatic nitrogens is 2. The van der Waals surface area contributed by atoms with Crippen molar-refractivity contribution in [3.63, 3.8) is 0 Å². The van der Waals surface area contributed by atoms with Crippen LogP contribution in [0.1, 0.15) is 19.3 Å². The molecule has 0 amide bonds. The van der Waals surface area contributed by atoms with E-state index in [1.807, 2.05) is 4.98 Å². The van der Waals surface area contributed by atoms with Gasteiger partial charge in [-0.1, -0.05) is 6.42 Å². The molecule has 9 N–H and O–H groups in total. The number of H-pyrrole nitrogens is 1. The Kier molecular flexibility index (Phi) is 6.44. The lowest BCUT2D eigenvalue weighted by Gasteiger charge is -2.32. The molecule has 5 atom stereocenters. The zero-order valence-electron chi connectivity index (χ0n) is 14.2. The van der Waals surface area contributed by atoms with Gasteiger partial charge in [-0.05, 0) is 19.4 Å². The first-order chi connectivity index (χ1) is 12.3. The highest BCUT2D eigenvalue weighted by atomic mass is 16.6. The minimum absolute atomic E-state index is 0.319.